The van der Waals surface area contributed by atoms with Crippen molar-refractivity contribution in [3.8, 4) is 22.4 Å². The highest BCUT2D eigenvalue weighted by molar-refractivity contribution is 5.76. The Morgan fingerprint density at radius 3 is 1.96 bits per heavy atom. The van der Waals surface area contributed by atoms with E-state index in [4.69, 9.17) is 11.6 Å². The summed E-state index contributed by atoms with van der Waals surface area (Å²) in [6.07, 6.45) is -0.980. The summed E-state index contributed by atoms with van der Waals surface area (Å²) < 4.78 is 44.3. The van der Waals surface area contributed by atoms with Crippen LogP contribution in [0.5, 0.6) is 0 Å². The number of alkyl halides is 3. The molecule has 0 saturated heterocycles. The van der Waals surface area contributed by atoms with E-state index in [1.54, 1.807) is 31.8 Å². The van der Waals surface area contributed by atoms with Gasteiger partial charge in [0.05, 0.1) is 23.6 Å². The van der Waals surface area contributed by atoms with Crippen molar-refractivity contribution in [2.75, 3.05) is 13.7 Å². The third-order valence-corrected chi connectivity index (χ3v) is 5.91. The van der Waals surface area contributed by atoms with E-state index in [1.165, 1.54) is 17.1 Å². The van der Waals surface area contributed by atoms with E-state index >= 15 is 0 Å². The number of amides is 1. The van der Waals surface area contributed by atoms with Crippen LogP contribution in [0.15, 0.2) is 85.3 Å². The van der Waals surface area contributed by atoms with Gasteiger partial charge in [0.25, 0.3) is 6.47 Å². The fraction of sp³-hybridized carbons (Fsp3) is 0.303. The number of benzene rings is 2. The lowest BCUT2D eigenvalue weighted by Crippen LogP contribution is -2.23. The third kappa shape index (κ3) is 13.6. The van der Waals surface area contributed by atoms with Gasteiger partial charge >= 0.3 is 6.18 Å². The molecule has 0 aliphatic rings. The maximum absolute atomic E-state index is 12.7. The zero-order chi connectivity index (χ0) is 34.2. The van der Waals surface area contributed by atoms with E-state index in [2.05, 4.69) is 28.3 Å². The number of carbonyl (C=O) groups is 2. The number of hydrogen-bond donors (Lipinski definition) is 3. The van der Waals surface area contributed by atoms with Crippen LogP contribution >= 0.6 is 0 Å². The number of hydrogen-bond acceptors (Lipinski definition) is 7. The van der Waals surface area contributed by atoms with Gasteiger partial charge in [0.2, 0.25) is 5.91 Å². The van der Waals surface area contributed by atoms with Crippen LogP contribution in [0.2, 0.25) is 0 Å². The fourth-order valence-corrected chi connectivity index (χ4v) is 3.60. The van der Waals surface area contributed by atoms with Crippen molar-refractivity contribution in [2.24, 2.45) is 11.6 Å². The highest BCUT2D eigenvalue weighted by Crippen LogP contribution is 2.32. The zero-order valence-electron chi connectivity index (χ0n) is 26.4. The Morgan fingerprint density at radius 2 is 1.58 bits per heavy atom. The molecule has 12 heteroatoms. The first kappa shape index (κ1) is 38.2. The van der Waals surface area contributed by atoms with Gasteiger partial charge in [0, 0.05) is 48.7 Å². The summed E-state index contributed by atoms with van der Waals surface area (Å²) in [7, 11) is 1.60. The van der Waals surface area contributed by atoms with Gasteiger partial charge < -0.3 is 15.8 Å². The summed E-state index contributed by atoms with van der Waals surface area (Å²) in [6, 6.07) is 14.5. The second-order valence-electron chi connectivity index (χ2n) is 9.98. The zero-order valence-corrected chi connectivity index (χ0v) is 26.4. The van der Waals surface area contributed by atoms with Crippen molar-refractivity contribution < 1.29 is 27.5 Å². The lowest BCUT2D eigenvalue weighted by Gasteiger charge is -2.12. The Bertz CT molecular complexity index is 1430. The number of allylic oxidation sites excluding steroid dienone is 3. The number of nitrogens with zero attached hydrogens (tertiary/aromatic N) is 3. The van der Waals surface area contributed by atoms with Crippen molar-refractivity contribution in [1.29, 1.82) is 0 Å². The van der Waals surface area contributed by atoms with Crippen LogP contribution < -0.4 is 16.9 Å². The SMILES string of the molecule is C=C(C)N(N)/C=C(/C)N.C=C(C)n1nc(CCC(=O)NC)cc1-c1ccc(-c2ccc(C(F)(F)F)cc2)cc1.CCCOC=O. The van der Waals surface area contributed by atoms with Gasteiger partial charge in [0.15, 0.2) is 0 Å². The molecule has 1 amide bonds. The van der Waals surface area contributed by atoms with E-state index in [-0.39, 0.29) is 5.91 Å². The average Bonchev–Trinajstić information content (AvgIpc) is 3.43. The summed E-state index contributed by atoms with van der Waals surface area (Å²) in [5, 5.41) is 8.51. The molecule has 0 spiro atoms. The molecule has 9 nitrogen and oxygen atoms in total. The molecule has 5 N–H and O–H groups in total. The molecule has 0 atom stereocenters. The van der Waals surface area contributed by atoms with Crippen LogP contribution in [0.1, 0.15) is 51.8 Å². The molecule has 1 heterocycles. The molecule has 3 rings (SSSR count). The standard InChI is InChI=1S/C23H22F3N3O.C6H13N3.C4H8O2/c1-15(2)29-21(14-20(28-29)12-13-22(30)27-3)18-6-4-16(5-7-18)17-8-10-19(11-9-17)23(24,25)26;1-5(2)9(8)4-6(3)7;1-2-3-6-4-5/h4-11,14H,1,12-13H2,2-3H3,(H,27,30);4H,1,7-8H2,2-3H3;4H,2-3H2,1H3/b;6-4-;. The summed E-state index contributed by atoms with van der Waals surface area (Å²) in [5.74, 6) is 5.34. The van der Waals surface area contributed by atoms with Crippen LogP contribution in [0.25, 0.3) is 28.1 Å². The summed E-state index contributed by atoms with van der Waals surface area (Å²) >= 11 is 0. The van der Waals surface area contributed by atoms with E-state index < -0.39 is 11.7 Å². The number of rotatable bonds is 11. The minimum Gasteiger partial charge on any atom is -0.468 e. The topological polar surface area (TPSA) is 128 Å². The minimum atomic E-state index is -4.35. The smallest absolute Gasteiger partial charge is 0.416 e. The average molecular weight is 629 g/mol. The van der Waals surface area contributed by atoms with Crippen LogP contribution in [-0.4, -0.2) is 40.8 Å². The number of nitrogens with two attached hydrogens (primary N) is 2. The first-order valence-corrected chi connectivity index (χ1v) is 14.1. The molecule has 2 aromatic carbocycles. The van der Waals surface area contributed by atoms with Crippen molar-refractivity contribution in [3.05, 3.63) is 96.6 Å². The summed E-state index contributed by atoms with van der Waals surface area (Å²) in [6.45, 7) is 15.9. The quantitative estimate of drug-likeness (QED) is 0.0958. The van der Waals surface area contributed by atoms with Gasteiger partial charge in [-0.2, -0.15) is 18.3 Å². The van der Waals surface area contributed by atoms with Gasteiger partial charge in [-0.25, -0.2) is 10.5 Å². The molecule has 0 aliphatic heterocycles. The molecule has 0 bridgehead atoms. The van der Waals surface area contributed by atoms with E-state index in [9.17, 15) is 22.8 Å². The molecule has 0 radical (unpaired) electrons. The van der Waals surface area contributed by atoms with Crippen molar-refractivity contribution in [3.63, 3.8) is 0 Å². The molecule has 0 aliphatic carbocycles. The Kier molecular flexibility index (Phi) is 15.9. The monoisotopic (exact) mass is 628 g/mol. The first-order valence-electron chi connectivity index (χ1n) is 14.1. The maximum Gasteiger partial charge on any atom is 0.416 e. The highest BCUT2D eigenvalue weighted by atomic mass is 19.4. The molecule has 0 unspecified atom stereocenters. The molecular formula is C33H43F3N6O3. The fourth-order valence-electron chi connectivity index (χ4n) is 3.60. The van der Waals surface area contributed by atoms with Gasteiger partial charge in [-0.1, -0.05) is 56.5 Å². The Balaban J connectivity index is 0.000000559. The van der Waals surface area contributed by atoms with Crippen LogP contribution in [0.3, 0.4) is 0 Å². The van der Waals surface area contributed by atoms with Gasteiger partial charge in [0.1, 0.15) is 0 Å². The summed E-state index contributed by atoms with van der Waals surface area (Å²) in [4.78, 5) is 20.8. The van der Waals surface area contributed by atoms with E-state index in [0.29, 0.717) is 37.2 Å². The number of halogens is 3. The normalized spacial score (nSPS) is 10.8. The number of nitrogens with one attached hydrogen (secondary N) is 1. The lowest BCUT2D eigenvalue weighted by molar-refractivity contribution is -0.137. The lowest BCUT2D eigenvalue weighted by atomic mass is 10.0. The molecule has 45 heavy (non-hydrogen) atoms. The number of aryl methyl sites for hydroxylation is 1. The molecular weight excluding hydrogens is 585 g/mol. The van der Waals surface area contributed by atoms with E-state index in [0.717, 1.165) is 52.5 Å². The molecule has 0 saturated carbocycles. The Labute approximate surface area is 263 Å². The largest absolute Gasteiger partial charge is 0.468 e. The predicted octanol–water partition coefficient (Wildman–Crippen LogP) is 6.49. The van der Waals surface area contributed by atoms with Crippen molar-refractivity contribution in [2.45, 2.75) is 53.1 Å². The summed E-state index contributed by atoms with van der Waals surface area (Å²) in [5.41, 5.74) is 10.9. The van der Waals surface area contributed by atoms with Gasteiger partial charge in [-0.15, -0.1) is 0 Å². The van der Waals surface area contributed by atoms with Gasteiger partial charge in [-0.05, 0) is 56.5 Å². The molecule has 0 fully saturated rings. The predicted molar refractivity (Wildman–Crippen MR) is 173 cm³/mol. The number of ether oxygens (including phenoxy) is 1. The molecule has 244 valence electrons. The Morgan fingerprint density at radius 1 is 1.04 bits per heavy atom. The third-order valence-electron chi connectivity index (χ3n) is 5.91. The highest BCUT2D eigenvalue weighted by Gasteiger charge is 2.30. The maximum atomic E-state index is 12.7. The second kappa shape index (κ2) is 18.7. The van der Waals surface area contributed by atoms with Crippen LogP contribution in [0.4, 0.5) is 13.2 Å². The second-order valence-corrected chi connectivity index (χ2v) is 9.98. The van der Waals surface area contributed by atoms with Crippen molar-refractivity contribution >= 4 is 18.1 Å². The molecule has 1 aromatic heterocycles. The van der Waals surface area contributed by atoms with Crippen molar-refractivity contribution in [1.82, 2.24) is 20.1 Å². The van der Waals surface area contributed by atoms with E-state index in [1.807, 2.05) is 44.2 Å². The molecule has 3 aromatic rings. The first-order chi connectivity index (χ1) is 21.1. The van der Waals surface area contributed by atoms with Gasteiger partial charge in [-0.3, -0.25) is 14.6 Å². The number of hydrazine groups is 1. The number of carbonyl (C=O) groups excluding carboxylic acids is 2. The Hall–Kier alpha value is -4.84. The minimum absolute atomic E-state index is 0.0534. The van der Waals surface area contributed by atoms with Crippen LogP contribution in [-0.2, 0) is 26.9 Å². The van der Waals surface area contributed by atoms with Crippen LogP contribution in [0, 0.1) is 0 Å². The number of aromatic nitrogens is 2.